The quantitative estimate of drug-likeness (QED) is 0.0888. The molecule has 5 rings (SSSR count). The fraction of sp³-hybridized carbons (Fsp3) is 0.395. The van der Waals surface area contributed by atoms with E-state index < -0.39 is 17.4 Å². The van der Waals surface area contributed by atoms with Gasteiger partial charge in [-0.2, -0.15) is 9.97 Å². The van der Waals surface area contributed by atoms with Gasteiger partial charge in [-0.1, -0.05) is 25.7 Å². The summed E-state index contributed by atoms with van der Waals surface area (Å²) < 4.78 is 6.11. The molecule has 0 saturated carbocycles. The Bertz CT molecular complexity index is 1780. The highest BCUT2D eigenvalue weighted by Gasteiger charge is 2.37. The average molecular weight is 713 g/mol. The van der Waals surface area contributed by atoms with Crippen molar-refractivity contribution in [3.05, 3.63) is 96.5 Å². The van der Waals surface area contributed by atoms with Crippen molar-refractivity contribution in [2.75, 3.05) is 56.2 Å². The van der Waals surface area contributed by atoms with Gasteiger partial charge in [0.15, 0.2) is 0 Å². The third kappa shape index (κ3) is 8.83. The number of aliphatic hydroxyl groups excluding tert-OH is 1. The maximum atomic E-state index is 13.0. The van der Waals surface area contributed by atoms with E-state index in [9.17, 15) is 19.8 Å². The minimum Gasteiger partial charge on any atom is -0.395 e. The second-order valence-electron chi connectivity index (χ2n) is 12.9. The summed E-state index contributed by atoms with van der Waals surface area (Å²) in [4.78, 5) is 43.3. The fourth-order valence-electron chi connectivity index (χ4n) is 6.64. The molecule has 276 valence electrons. The largest absolute Gasteiger partial charge is 0.395 e. The van der Waals surface area contributed by atoms with Gasteiger partial charge in [0.1, 0.15) is 17.1 Å². The lowest BCUT2D eigenvalue weighted by molar-refractivity contribution is -0.487. The first-order valence-corrected chi connectivity index (χ1v) is 17.7. The number of morpholine rings is 1. The summed E-state index contributed by atoms with van der Waals surface area (Å²) >= 11 is 0. The number of nitrogens with zero attached hydrogens (tertiary/aromatic N) is 5. The van der Waals surface area contributed by atoms with Crippen LogP contribution >= 0.6 is 0 Å². The van der Waals surface area contributed by atoms with E-state index in [0.29, 0.717) is 81.1 Å². The zero-order chi connectivity index (χ0) is 37.3. The lowest BCUT2D eigenvalue weighted by atomic mass is 9.98. The predicted octanol–water partition coefficient (Wildman–Crippen LogP) is 2.29. The van der Waals surface area contributed by atoms with Crippen LogP contribution in [0.2, 0.25) is 0 Å². The molecule has 1 aliphatic heterocycles. The van der Waals surface area contributed by atoms with Crippen molar-refractivity contribution in [3.8, 4) is 0 Å². The number of aryl methyl sites for hydroxylation is 1. The highest BCUT2D eigenvalue weighted by atomic mass is 16.5. The highest BCUT2D eigenvalue weighted by molar-refractivity contribution is 5.97. The van der Waals surface area contributed by atoms with Crippen molar-refractivity contribution >= 4 is 40.8 Å². The third-order valence-corrected chi connectivity index (χ3v) is 9.56. The average Bonchev–Trinajstić information content (AvgIpc) is 3.49. The maximum absolute atomic E-state index is 13.0. The SMILES string of the molecule is C=C/C=C(/C(CO)C(N)=O)N(CC)C[C@@H]1CN(c2ccc(Nc3ncc(C(=O)NCC=C)c([NH2+]c4ccc5c(n4)[C@@](O)(CC)CC5)n3)cc2)CCO1. The fourth-order valence-corrected chi connectivity index (χ4v) is 6.64. The molecule has 0 bridgehead atoms. The molecule has 2 aromatic heterocycles. The number of rotatable bonds is 17. The number of fused-ring (bicyclic) bond motifs is 1. The molecule has 3 heterocycles. The van der Waals surface area contributed by atoms with Gasteiger partial charge in [0.25, 0.3) is 5.91 Å². The van der Waals surface area contributed by atoms with Crippen molar-refractivity contribution < 1.29 is 29.9 Å². The first kappa shape index (κ1) is 38.1. The summed E-state index contributed by atoms with van der Waals surface area (Å²) in [5, 5.41) is 28.7. The number of aromatic nitrogens is 3. The number of carbonyl (C=O) groups is 2. The third-order valence-electron chi connectivity index (χ3n) is 9.56. The molecule has 2 aliphatic rings. The van der Waals surface area contributed by atoms with Gasteiger partial charge in [-0.15, -0.1) is 6.58 Å². The summed E-state index contributed by atoms with van der Waals surface area (Å²) in [5.41, 5.74) is 8.98. The molecule has 2 amide bonds. The van der Waals surface area contributed by atoms with Crippen molar-refractivity contribution in [3.63, 3.8) is 0 Å². The van der Waals surface area contributed by atoms with Crippen molar-refractivity contribution in [1.29, 1.82) is 0 Å². The molecule has 1 aliphatic carbocycles. The number of primary amides is 1. The zero-order valence-corrected chi connectivity index (χ0v) is 29.9. The number of pyridine rings is 1. The van der Waals surface area contributed by atoms with Crippen LogP contribution in [0.15, 0.2) is 79.7 Å². The van der Waals surface area contributed by atoms with E-state index in [-0.39, 0.29) is 24.2 Å². The predicted molar refractivity (Wildman–Crippen MR) is 200 cm³/mol. The Labute approximate surface area is 304 Å². The number of nitrogens with two attached hydrogens (primary N) is 2. The summed E-state index contributed by atoms with van der Waals surface area (Å²) in [6.07, 6.45) is 8.20. The van der Waals surface area contributed by atoms with Crippen molar-refractivity contribution in [2.24, 2.45) is 11.7 Å². The van der Waals surface area contributed by atoms with Crippen LogP contribution in [-0.4, -0.2) is 93.9 Å². The van der Waals surface area contributed by atoms with Crippen LogP contribution in [0, 0.1) is 5.92 Å². The van der Waals surface area contributed by atoms with Gasteiger partial charge >= 0.3 is 0 Å². The Kier molecular flexibility index (Phi) is 12.7. The molecular formula is C38H50N9O5+. The molecule has 3 atom stereocenters. The van der Waals surface area contributed by atoms with Crippen LogP contribution in [-0.2, 0) is 21.6 Å². The van der Waals surface area contributed by atoms with Crippen LogP contribution in [0.5, 0.6) is 0 Å². The first-order chi connectivity index (χ1) is 25.1. The smallest absolute Gasteiger partial charge is 0.261 e. The number of carbonyl (C=O) groups excluding carboxylic acids is 2. The summed E-state index contributed by atoms with van der Waals surface area (Å²) in [7, 11) is 0. The van der Waals surface area contributed by atoms with Crippen molar-refractivity contribution in [1.82, 2.24) is 25.2 Å². The number of aliphatic hydroxyl groups is 2. The number of quaternary nitrogens is 1. The van der Waals surface area contributed by atoms with E-state index in [2.05, 4.69) is 33.7 Å². The molecule has 14 nitrogen and oxygen atoms in total. The molecule has 8 N–H and O–H groups in total. The van der Waals surface area contributed by atoms with Gasteiger partial charge < -0.3 is 41.1 Å². The van der Waals surface area contributed by atoms with E-state index in [1.807, 2.05) is 55.1 Å². The number of ether oxygens (including phenoxy) is 1. The van der Waals surface area contributed by atoms with Crippen LogP contribution in [0.25, 0.3) is 0 Å². The number of nitrogens with one attached hydrogen (secondary N) is 2. The van der Waals surface area contributed by atoms with E-state index in [4.69, 9.17) is 20.4 Å². The molecule has 1 unspecified atom stereocenters. The topological polar surface area (TPSA) is 196 Å². The summed E-state index contributed by atoms with van der Waals surface area (Å²) in [5.74, 6) is -0.502. The second kappa shape index (κ2) is 17.4. The molecular weight excluding hydrogens is 662 g/mol. The van der Waals surface area contributed by atoms with Gasteiger partial charge in [0.05, 0.1) is 31.2 Å². The number of hydrogen-bond donors (Lipinski definition) is 6. The van der Waals surface area contributed by atoms with E-state index >= 15 is 0 Å². The van der Waals surface area contributed by atoms with Crippen LogP contribution in [0.1, 0.15) is 48.3 Å². The molecule has 3 aromatic rings. The normalized spacial score (nSPS) is 19.0. The number of amides is 2. The molecule has 14 heteroatoms. The molecule has 1 aromatic carbocycles. The lowest BCUT2D eigenvalue weighted by Crippen LogP contribution is -2.73. The van der Waals surface area contributed by atoms with Gasteiger partial charge in [-0.3, -0.25) is 9.59 Å². The molecule has 0 radical (unpaired) electrons. The lowest BCUT2D eigenvalue weighted by Gasteiger charge is -2.38. The Balaban J connectivity index is 1.30. The highest BCUT2D eigenvalue weighted by Crippen LogP contribution is 2.38. The number of allylic oxidation sites excluding steroid dienone is 2. The zero-order valence-electron chi connectivity index (χ0n) is 29.9. The summed E-state index contributed by atoms with van der Waals surface area (Å²) in [6.45, 7) is 14.2. The van der Waals surface area contributed by atoms with Gasteiger partial charge in [-0.25, -0.2) is 10.3 Å². The minimum atomic E-state index is -0.964. The molecule has 1 saturated heterocycles. The maximum Gasteiger partial charge on any atom is 0.261 e. The van der Waals surface area contributed by atoms with Crippen LogP contribution in [0.4, 0.5) is 29.0 Å². The first-order valence-electron chi connectivity index (χ1n) is 17.7. The standard InChI is InChI=1S/C38H49N9O5/c1-5-9-31(30(24-48)34(39)49)46(8-4)22-28-23-47(19-20-52-28)27-13-11-26(12-14-27)42-37-41-21-29(36(50)40-18-6-2)35(45-37)44-32-15-10-25-16-17-38(51,7-3)33(25)43-32/h5-6,9-15,21,28,30,48,51H,1-2,7-8,16-20,22-24H2,3-4H3,(H2,39,49)(H,40,50)(H2,41,42,43,44,45)/p+1/b31-9-/t28-,30?,38-/m1/s1. The Morgan fingerprint density at radius 1 is 1.21 bits per heavy atom. The number of hydrogen-bond acceptors (Lipinski definition) is 11. The number of likely N-dealkylation sites (N-methyl/N-ethyl adjacent to an activating group) is 1. The van der Waals surface area contributed by atoms with E-state index in [1.54, 1.807) is 23.5 Å². The monoisotopic (exact) mass is 712 g/mol. The van der Waals surface area contributed by atoms with Gasteiger partial charge in [0, 0.05) is 55.9 Å². The second-order valence-corrected chi connectivity index (χ2v) is 12.9. The Hall–Kier alpha value is -5.15. The van der Waals surface area contributed by atoms with Crippen LogP contribution < -0.4 is 26.6 Å². The minimum absolute atomic E-state index is 0.159. The Morgan fingerprint density at radius 2 is 2.00 bits per heavy atom. The van der Waals surface area contributed by atoms with Gasteiger partial charge in [-0.05, 0) is 68.2 Å². The summed E-state index contributed by atoms with van der Waals surface area (Å²) in [6, 6.07) is 11.7. The number of anilines is 3. The van der Waals surface area contributed by atoms with E-state index in [1.165, 1.54) is 6.20 Å². The van der Waals surface area contributed by atoms with E-state index in [0.717, 1.165) is 23.4 Å². The molecule has 1 fully saturated rings. The van der Waals surface area contributed by atoms with Crippen molar-refractivity contribution in [2.45, 2.75) is 44.8 Å². The van der Waals surface area contributed by atoms with Gasteiger partial charge in [0.2, 0.25) is 23.5 Å². The molecule has 52 heavy (non-hydrogen) atoms. The number of benzene rings is 1. The van der Waals surface area contributed by atoms with Crippen LogP contribution in [0.3, 0.4) is 0 Å². The molecule has 0 spiro atoms. The Morgan fingerprint density at radius 3 is 2.67 bits per heavy atom.